The molecule has 1 aliphatic heterocycles. The molecule has 172 valence electrons. The molecule has 1 atom stereocenters. The van der Waals surface area contributed by atoms with E-state index < -0.39 is 12.1 Å². The lowest BCUT2D eigenvalue weighted by Gasteiger charge is -2.32. The maximum atomic E-state index is 10.6. The highest BCUT2D eigenvalue weighted by Gasteiger charge is 2.52. The standard InChI is InChI=1S/C19H18N6O.C2HF3O2/c20-8-12-1-2-14-13(7-12)18(25-24-14)15-9-22-11-17(23-15)26-16-10-21-6-5-19(16)3-4-19;3-2(4,5)1(6)7/h1-2,7,9,11,16,21H,3-6,10H2,(H,24,25);(H,6,7)/t16-;/m0./s1. The number of nitriles is 1. The molecule has 9 nitrogen and oxygen atoms in total. The normalized spacial score (nSPS) is 18.8. The fourth-order valence-corrected chi connectivity index (χ4v) is 3.79. The van der Waals surface area contributed by atoms with E-state index in [4.69, 9.17) is 19.9 Å². The van der Waals surface area contributed by atoms with Gasteiger partial charge in [0.2, 0.25) is 5.88 Å². The molecule has 0 bridgehead atoms. The Bertz CT molecular complexity index is 1220. The maximum absolute atomic E-state index is 10.6. The number of piperidine rings is 1. The third-order valence-electron chi connectivity index (χ3n) is 5.76. The van der Waals surface area contributed by atoms with Crippen molar-refractivity contribution < 1.29 is 27.8 Å². The highest BCUT2D eigenvalue weighted by atomic mass is 19.4. The van der Waals surface area contributed by atoms with Crippen LogP contribution < -0.4 is 10.1 Å². The smallest absolute Gasteiger partial charge is 0.475 e. The molecule has 0 radical (unpaired) electrons. The molecule has 0 unspecified atom stereocenters. The van der Waals surface area contributed by atoms with Crippen molar-refractivity contribution in [3.05, 3.63) is 36.2 Å². The Morgan fingerprint density at radius 2 is 2.03 bits per heavy atom. The number of halogens is 3. The molecule has 3 aromatic rings. The zero-order valence-corrected chi connectivity index (χ0v) is 17.2. The average Bonchev–Trinajstić information content (AvgIpc) is 3.43. The number of aliphatic carboxylic acids is 1. The first-order valence-electron chi connectivity index (χ1n) is 10.1. The summed E-state index contributed by atoms with van der Waals surface area (Å²) in [6, 6.07) is 7.59. The average molecular weight is 460 g/mol. The van der Waals surface area contributed by atoms with E-state index in [1.807, 2.05) is 12.1 Å². The lowest BCUT2D eigenvalue weighted by molar-refractivity contribution is -0.192. The summed E-state index contributed by atoms with van der Waals surface area (Å²) in [5.74, 6) is -2.23. The van der Waals surface area contributed by atoms with Crippen molar-refractivity contribution in [1.29, 1.82) is 5.26 Å². The van der Waals surface area contributed by atoms with Crippen molar-refractivity contribution in [1.82, 2.24) is 25.5 Å². The third kappa shape index (κ3) is 4.88. The van der Waals surface area contributed by atoms with Gasteiger partial charge in [0.05, 0.1) is 29.5 Å². The molecule has 1 saturated heterocycles. The van der Waals surface area contributed by atoms with Gasteiger partial charge in [0.25, 0.3) is 0 Å². The molecule has 1 spiro atoms. The van der Waals surface area contributed by atoms with Crippen LogP contribution in [0.4, 0.5) is 13.2 Å². The van der Waals surface area contributed by atoms with Crippen LogP contribution in [0.25, 0.3) is 22.3 Å². The van der Waals surface area contributed by atoms with Crippen LogP contribution in [0.3, 0.4) is 0 Å². The number of hydrogen-bond acceptors (Lipinski definition) is 7. The fraction of sp³-hybridized carbons (Fsp3) is 0.381. The second-order valence-corrected chi connectivity index (χ2v) is 7.91. The number of alkyl halides is 3. The molecule has 1 saturated carbocycles. The van der Waals surface area contributed by atoms with Crippen molar-refractivity contribution in [2.24, 2.45) is 5.41 Å². The lowest BCUT2D eigenvalue weighted by Crippen LogP contribution is -2.45. The maximum Gasteiger partial charge on any atom is 0.490 e. The van der Waals surface area contributed by atoms with E-state index in [-0.39, 0.29) is 6.10 Å². The Kier molecular flexibility index (Phi) is 5.90. The number of carboxylic acids is 1. The number of benzene rings is 1. The van der Waals surface area contributed by atoms with Crippen molar-refractivity contribution in [3.63, 3.8) is 0 Å². The number of aromatic nitrogens is 4. The first-order valence-corrected chi connectivity index (χ1v) is 10.1. The molecular formula is C21H19F3N6O3. The van der Waals surface area contributed by atoms with E-state index in [2.05, 4.69) is 31.6 Å². The number of hydrogen-bond donors (Lipinski definition) is 3. The highest BCUT2D eigenvalue weighted by Crippen LogP contribution is 2.53. The second kappa shape index (κ2) is 8.67. The molecule has 1 aromatic carbocycles. The Balaban J connectivity index is 0.000000325. The quantitative estimate of drug-likeness (QED) is 0.543. The first kappa shape index (κ1) is 22.5. The molecule has 3 heterocycles. The number of carboxylic acid groups (broad SMARTS) is 1. The van der Waals surface area contributed by atoms with Crippen LogP contribution in [-0.4, -0.2) is 56.6 Å². The minimum absolute atomic E-state index is 0.141. The molecule has 3 N–H and O–H groups in total. The number of carbonyl (C=O) groups is 1. The first-order chi connectivity index (χ1) is 15.7. The molecule has 2 fully saturated rings. The van der Waals surface area contributed by atoms with Gasteiger partial charge in [-0.1, -0.05) is 0 Å². The minimum Gasteiger partial charge on any atom is -0.475 e. The number of aromatic amines is 1. The van der Waals surface area contributed by atoms with E-state index in [0.29, 0.717) is 28.2 Å². The number of rotatable bonds is 3. The van der Waals surface area contributed by atoms with E-state index in [1.165, 1.54) is 12.8 Å². The summed E-state index contributed by atoms with van der Waals surface area (Å²) in [5, 5.41) is 27.9. The number of ether oxygens (including phenoxy) is 1. The fourth-order valence-electron chi connectivity index (χ4n) is 3.79. The van der Waals surface area contributed by atoms with E-state index in [1.54, 1.807) is 18.5 Å². The predicted molar refractivity (Wildman–Crippen MR) is 109 cm³/mol. The largest absolute Gasteiger partial charge is 0.490 e. The van der Waals surface area contributed by atoms with Gasteiger partial charge in [-0.05, 0) is 44.0 Å². The van der Waals surface area contributed by atoms with E-state index in [9.17, 15) is 13.2 Å². The molecular weight excluding hydrogens is 441 g/mol. The summed E-state index contributed by atoms with van der Waals surface area (Å²) in [6.45, 7) is 1.91. The molecule has 1 aliphatic carbocycles. The van der Waals surface area contributed by atoms with Crippen molar-refractivity contribution >= 4 is 16.9 Å². The molecule has 2 aromatic heterocycles. The van der Waals surface area contributed by atoms with Gasteiger partial charge in [0, 0.05) is 17.3 Å². The van der Waals surface area contributed by atoms with Gasteiger partial charge < -0.3 is 15.2 Å². The van der Waals surface area contributed by atoms with Crippen LogP contribution in [0.15, 0.2) is 30.6 Å². The summed E-state index contributed by atoms with van der Waals surface area (Å²) < 4.78 is 37.9. The zero-order chi connectivity index (χ0) is 23.6. The van der Waals surface area contributed by atoms with Crippen LogP contribution >= 0.6 is 0 Å². The predicted octanol–water partition coefficient (Wildman–Crippen LogP) is 3.05. The summed E-state index contributed by atoms with van der Waals surface area (Å²) in [4.78, 5) is 17.8. The van der Waals surface area contributed by atoms with Crippen molar-refractivity contribution in [2.45, 2.75) is 31.5 Å². The van der Waals surface area contributed by atoms with Crippen LogP contribution in [0.1, 0.15) is 24.8 Å². The molecule has 5 rings (SSSR count). The molecule has 12 heteroatoms. The van der Waals surface area contributed by atoms with Crippen LogP contribution in [0, 0.1) is 16.7 Å². The summed E-state index contributed by atoms with van der Waals surface area (Å²) >= 11 is 0. The minimum atomic E-state index is -5.08. The van der Waals surface area contributed by atoms with Gasteiger partial charge in [-0.25, -0.2) is 9.78 Å². The lowest BCUT2D eigenvalue weighted by atomic mass is 9.92. The van der Waals surface area contributed by atoms with Crippen LogP contribution in [-0.2, 0) is 4.79 Å². The number of nitrogens with zero attached hydrogens (tertiary/aromatic N) is 4. The van der Waals surface area contributed by atoms with Gasteiger partial charge in [0.15, 0.2) is 0 Å². The third-order valence-corrected chi connectivity index (χ3v) is 5.76. The second-order valence-electron chi connectivity index (χ2n) is 7.91. The number of fused-ring (bicyclic) bond motifs is 1. The van der Waals surface area contributed by atoms with Crippen molar-refractivity contribution in [3.8, 4) is 23.3 Å². The van der Waals surface area contributed by atoms with E-state index in [0.717, 1.165) is 30.4 Å². The summed E-state index contributed by atoms with van der Waals surface area (Å²) in [6.07, 6.45) is 2.01. The van der Waals surface area contributed by atoms with Crippen LogP contribution in [0.5, 0.6) is 5.88 Å². The van der Waals surface area contributed by atoms with E-state index >= 15 is 0 Å². The van der Waals surface area contributed by atoms with Gasteiger partial charge in [-0.3, -0.25) is 10.1 Å². The Morgan fingerprint density at radius 1 is 1.27 bits per heavy atom. The molecule has 0 amide bonds. The monoisotopic (exact) mass is 460 g/mol. The van der Waals surface area contributed by atoms with Gasteiger partial charge >= 0.3 is 12.1 Å². The van der Waals surface area contributed by atoms with Crippen molar-refractivity contribution in [2.75, 3.05) is 13.1 Å². The summed E-state index contributed by atoms with van der Waals surface area (Å²) in [7, 11) is 0. The summed E-state index contributed by atoms with van der Waals surface area (Å²) in [5.41, 5.74) is 3.09. The topological polar surface area (TPSA) is 137 Å². The SMILES string of the molecule is N#Cc1ccc2[nH]nc(-c3cncc(O[C@H]4CNCCC45CC5)n3)c2c1.O=C(O)C(F)(F)F. The molecule has 2 aliphatic rings. The molecule has 33 heavy (non-hydrogen) atoms. The number of nitrogens with one attached hydrogen (secondary N) is 2. The van der Waals surface area contributed by atoms with Gasteiger partial charge in [-0.15, -0.1) is 0 Å². The van der Waals surface area contributed by atoms with Crippen LogP contribution in [0.2, 0.25) is 0 Å². The Labute approximate surface area is 185 Å². The Morgan fingerprint density at radius 3 is 2.70 bits per heavy atom. The number of H-pyrrole nitrogens is 1. The van der Waals surface area contributed by atoms with Gasteiger partial charge in [-0.2, -0.15) is 23.5 Å². The Hall–Kier alpha value is -3.72. The highest BCUT2D eigenvalue weighted by molar-refractivity contribution is 5.92. The van der Waals surface area contributed by atoms with Gasteiger partial charge in [0.1, 0.15) is 17.5 Å². The zero-order valence-electron chi connectivity index (χ0n) is 17.2.